The van der Waals surface area contributed by atoms with Crippen LogP contribution in [0.3, 0.4) is 0 Å². The van der Waals surface area contributed by atoms with E-state index in [4.69, 9.17) is 4.74 Å². The molecule has 0 radical (unpaired) electrons. The number of rotatable bonds is 0. The van der Waals surface area contributed by atoms with Gasteiger partial charge >= 0.3 is 0 Å². The molecule has 2 aliphatic rings. The van der Waals surface area contributed by atoms with Gasteiger partial charge in [-0.2, -0.15) is 0 Å². The van der Waals surface area contributed by atoms with Gasteiger partial charge in [-0.3, -0.25) is 0 Å². The topological polar surface area (TPSA) is 21.3 Å². The number of nitrogens with one attached hydrogen (secondary N) is 1. The minimum Gasteiger partial charge on any atom is -0.493 e. The van der Waals surface area contributed by atoms with E-state index in [1.54, 1.807) is 0 Å². The van der Waals surface area contributed by atoms with Crippen LogP contribution in [0.25, 0.3) is 0 Å². The van der Waals surface area contributed by atoms with Gasteiger partial charge in [-0.1, -0.05) is 12.1 Å². The lowest BCUT2D eigenvalue weighted by molar-refractivity contribution is 0.247. The molecule has 1 unspecified atom stereocenters. The molecular weight excluding hydrogens is 162 g/mol. The van der Waals surface area contributed by atoms with E-state index in [1.807, 2.05) is 0 Å². The zero-order valence-electron chi connectivity index (χ0n) is 7.55. The van der Waals surface area contributed by atoms with Crippen LogP contribution in [0, 0.1) is 0 Å². The van der Waals surface area contributed by atoms with Crippen molar-refractivity contribution in [3.05, 3.63) is 29.3 Å². The van der Waals surface area contributed by atoms with Crippen molar-refractivity contribution < 1.29 is 4.74 Å². The molecule has 1 atom stereocenters. The summed E-state index contributed by atoms with van der Waals surface area (Å²) in [5.41, 5.74) is 2.89. The van der Waals surface area contributed by atoms with Crippen LogP contribution in [-0.2, 0) is 6.42 Å². The third-order valence-electron chi connectivity index (χ3n) is 2.95. The second-order valence-corrected chi connectivity index (χ2v) is 3.72. The van der Waals surface area contributed by atoms with Crippen molar-refractivity contribution in [2.45, 2.75) is 18.9 Å². The van der Waals surface area contributed by atoms with Gasteiger partial charge in [0, 0.05) is 18.0 Å². The molecule has 0 aromatic heterocycles. The summed E-state index contributed by atoms with van der Waals surface area (Å²) >= 11 is 0. The van der Waals surface area contributed by atoms with Crippen molar-refractivity contribution in [2.24, 2.45) is 0 Å². The van der Waals surface area contributed by atoms with E-state index in [-0.39, 0.29) is 0 Å². The first-order chi connectivity index (χ1) is 6.45. The molecule has 3 rings (SSSR count). The summed E-state index contributed by atoms with van der Waals surface area (Å²) in [5.74, 6) is 1.10. The molecule has 68 valence electrons. The molecule has 0 fully saturated rings. The Balaban J connectivity index is 2.18. The molecule has 0 saturated carbocycles. The highest BCUT2D eigenvalue weighted by atomic mass is 16.5. The van der Waals surface area contributed by atoms with Gasteiger partial charge in [-0.15, -0.1) is 0 Å². The standard InChI is InChI=1S/C11H13NO/c1-2-8-4-6-12-9-5-7-13-10(3-1)11(8)9/h1-3,9,12H,4-7H2. The number of ether oxygens (including phenoxy) is 1. The molecule has 1 N–H and O–H groups in total. The van der Waals surface area contributed by atoms with Crippen LogP contribution in [0.1, 0.15) is 23.6 Å². The van der Waals surface area contributed by atoms with Crippen molar-refractivity contribution in [3.8, 4) is 5.75 Å². The highest BCUT2D eigenvalue weighted by Gasteiger charge is 2.26. The van der Waals surface area contributed by atoms with Crippen LogP contribution in [0.2, 0.25) is 0 Å². The van der Waals surface area contributed by atoms with Crippen molar-refractivity contribution in [2.75, 3.05) is 13.2 Å². The maximum absolute atomic E-state index is 5.63. The summed E-state index contributed by atoms with van der Waals surface area (Å²) in [7, 11) is 0. The van der Waals surface area contributed by atoms with Gasteiger partial charge in [-0.25, -0.2) is 0 Å². The Morgan fingerprint density at radius 3 is 3.38 bits per heavy atom. The Labute approximate surface area is 77.9 Å². The van der Waals surface area contributed by atoms with Crippen LogP contribution in [0.5, 0.6) is 5.75 Å². The number of hydrogen-bond donors (Lipinski definition) is 1. The van der Waals surface area contributed by atoms with E-state index in [1.165, 1.54) is 11.1 Å². The van der Waals surface area contributed by atoms with E-state index >= 15 is 0 Å². The van der Waals surface area contributed by atoms with Crippen LogP contribution in [0.4, 0.5) is 0 Å². The zero-order valence-corrected chi connectivity index (χ0v) is 7.55. The fraction of sp³-hybridized carbons (Fsp3) is 0.455. The minimum atomic E-state index is 0.550. The second kappa shape index (κ2) is 2.74. The number of benzene rings is 1. The highest BCUT2D eigenvalue weighted by molar-refractivity contribution is 5.45. The Bertz CT molecular complexity index is 307. The van der Waals surface area contributed by atoms with Gasteiger partial charge in [0.1, 0.15) is 5.75 Å². The van der Waals surface area contributed by atoms with Crippen LogP contribution in [-0.4, -0.2) is 13.2 Å². The van der Waals surface area contributed by atoms with E-state index in [2.05, 4.69) is 23.5 Å². The average Bonchev–Trinajstić information content (AvgIpc) is 2.19. The molecule has 13 heavy (non-hydrogen) atoms. The van der Waals surface area contributed by atoms with Gasteiger partial charge < -0.3 is 10.1 Å². The largest absolute Gasteiger partial charge is 0.493 e. The fourth-order valence-corrected chi connectivity index (χ4v) is 2.35. The van der Waals surface area contributed by atoms with Gasteiger partial charge in [-0.05, 0) is 24.6 Å². The first-order valence-corrected chi connectivity index (χ1v) is 4.93. The molecule has 2 nitrogen and oxygen atoms in total. The van der Waals surface area contributed by atoms with Crippen molar-refractivity contribution in [1.29, 1.82) is 0 Å². The minimum absolute atomic E-state index is 0.550. The summed E-state index contributed by atoms with van der Waals surface area (Å²) < 4.78 is 5.63. The quantitative estimate of drug-likeness (QED) is 0.647. The van der Waals surface area contributed by atoms with Gasteiger partial charge in [0.2, 0.25) is 0 Å². The van der Waals surface area contributed by atoms with E-state index in [0.29, 0.717) is 6.04 Å². The third-order valence-corrected chi connectivity index (χ3v) is 2.95. The molecule has 2 aliphatic heterocycles. The molecule has 1 aromatic rings. The molecule has 0 saturated heterocycles. The Kier molecular flexibility index (Phi) is 1.56. The van der Waals surface area contributed by atoms with Crippen molar-refractivity contribution >= 4 is 0 Å². The molecule has 2 heterocycles. The summed E-state index contributed by atoms with van der Waals surface area (Å²) in [5, 5.41) is 3.54. The maximum atomic E-state index is 5.63. The SMILES string of the molecule is c1cc2c3c(c1)OCCC3NCC2. The molecule has 2 heteroatoms. The van der Waals surface area contributed by atoms with E-state index in [9.17, 15) is 0 Å². The predicted molar refractivity (Wildman–Crippen MR) is 51.0 cm³/mol. The Morgan fingerprint density at radius 1 is 1.38 bits per heavy atom. The zero-order chi connectivity index (χ0) is 8.67. The maximum Gasteiger partial charge on any atom is 0.124 e. The molecule has 0 spiro atoms. The predicted octanol–water partition coefficient (Wildman–Crippen LogP) is 1.66. The Hall–Kier alpha value is -1.02. The van der Waals surface area contributed by atoms with Crippen molar-refractivity contribution in [1.82, 2.24) is 5.32 Å². The Morgan fingerprint density at radius 2 is 2.38 bits per heavy atom. The third kappa shape index (κ3) is 1.05. The summed E-state index contributed by atoms with van der Waals surface area (Å²) in [6, 6.07) is 6.95. The second-order valence-electron chi connectivity index (χ2n) is 3.72. The molecule has 0 bridgehead atoms. The molecular formula is C11H13NO. The summed E-state index contributed by atoms with van der Waals surface area (Å²) in [6.45, 7) is 1.97. The summed E-state index contributed by atoms with van der Waals surface area (Å²) in [6.07, 6.45) is 2.26. The van der Waals surface area contributed by atoms with Gasteiger partial charge in [0.15, 0.2) is 0 Å². The smallest absolute Gasteiger partial charge is 0.124 e. The van der Waals surface area contributed by atoms with Crippen LogP contribution >= 0.6 is 0 Å². The first-order valence-electron chi connectivity index (χ1n) is 4.93. The van der Waals surface area contributed by atoms with E-state index in [0.717, 1.165) is 31.7 Å². The van der Waals surface area contributed by atoms with Gasteiger partial charge in [0.25, 0.3) is 0 Å². The lowest BCUT2D eigenvalue weighted by Gasteiger charge is -2.32. The van der Waals surface area contributed by atoms with E-state index < -0.39 is 0 Å². The van der Waals surface area contributed by atoms with Gasteiger partial charge in [0.05, 0.1) is 6.61 Å². The lowest BCUT2D eigenvalue weighted by Crippen LogP contribution is -2.33. The van der Waals surface area contributed by atoms with Crippen molar-refractivity contribution in [3.63, 3.8) is 0 Å². The molecule has 1 aromatic carbocycles. The molecule has 0 amide bonds. The first kappa shape index (κ1) is 7.39. The van der Waals surface area contributed by atoms with Crippen LogP contribution in [0.15, 0.2) is 18.2 Å². The highest BCUT2D eigenvalue weighted by Crippen LogP contribution is 2.36. The average molecular weight is 175 g/mol. The number of hydrogen-bond acceptors (Lipinski definition) is 2. The van der Waals surface area contributed by atoms with Crippen LogP contribution < -0.4 is 10.1 Å². The molecule has 0 aliphatic carbocycles. The fourth-order valence-electron chi connectivity index (χ4n) is 2.35. The normalized spacial score (nSPS) is 24.8. The summed E-state index contributed by atoms with van der Waals surface area (Å²) in [4.78, 5) is 0. The monoisotopic (exact) mass is 175 g/mol. The lowest BCUT2D eigenvalue weighted by atomic mass is 9.90.